The highest BCUT2D eigenvalue weighted by Gasteiger charge is 2.47. The van der Waals surface area contributed by atoms with Gasteiger partial charge < -0.3 is 28.4 Å². The van der Waals surface area contributed by atoms with E-state index in [4.69, 9.17) is 28.4 Å². The Hall–Kier alpha value is -12.6. The molecule has 13 nitrogen and oxygen atoms in total. The first-order valence-electron chi connectivity index (χ1n) is 47.0. The molecule has 0 fully saturated rings. The maximum absolute atomic E-state index is 13.1. The fourth-order valence-electron chi connectivity index (χ4n) is 14.8. The predicted molar refractivity (Wildman–Crippen MR) is 569 cm³/mol. The molecule has 0 amide bonds. The van der Waals surface area contributed by atoms with Gasteiger partial charge in [0.05, 0.1) is 47.8 Å². The third-order valence-corrected chi connectivity index (χ3v) is 40.5. The van der Waals surface area contributed by atoms with E-state index in [1.165, 1.54) is 64.2 Å². The van der Waals surface area contributed by atoms with Crippen LogP contribution in [0.2, 0.25) is 0 Å². The Bertz CT molecular complexity index is 6820. The Morgan fingerprint density at radius 3 is 0.843 bits per heavy atom. The highest BCUT2D eigenvalue weighted by atomic mass is 32.2. The van der Waals surface area contributed by atoms with Crippen molar-refractivity contribution in [3.05, 3.63) is 376 Å². The molecule has 3 aliphatic rings. The van der Waals surface area contributed by atoms with Gasteiger partial charge in [0.1, 0.15) is 71.2 Å². The van der Waals surface area contributed by atoms with Crippen LogP contribution < -0.4 is 28.4 Å². The summed E-state index contributed by atoms with van der Waals surface area (Å²) in [5.41, 5.74) is -2.45. The van der Waals surface area contributed by atoms with Crippen LogP contribution in [0.15, 0.2) is 454 Å². The fourth-order valence-corrected chi connectivity index (χ4v) is 29.9. The maximum Gasteiger partial charge on any atom is 0.316 e. The lowest BCUT2D eigenvalue weighted by atomic mass is 9.91. The summed E-state index contributed by atoms with van der Waals surface area (Å²) in [5, 5.41) is 2.63. The zero-order valence-electron chi connectivity index (χ0n) is 81.5. The molecule has 0 spiro atoms. The van der Waals surface area contributed by atoms with Crippen molar-refractivity contribution in [2.24, 2.45) is 27.1 Å². The minimum Gasteiger partial charge on any atom is -0.447 e. The van der Waals surface area contributed by atoms with Crippen LogP contribution in [0.4, 0.5) is 0 Å². The molecule has 0 aliphatic carbocycles. The van der Waals surface area contributed by atoms with Gasteiger partial charge in [0, 0.05) is 33.4 Å². The Morgan fingerprint density at radius 1 is 0.271 bits per heavy atom. The Kier molecular flexibility index (Phi) is 32.3. The summed E-state index contributed by atoms with van der Waals surface area (Å²) in [4.78, 5) is 79.9. The molecule has 712 valence electrons. The molecule has 15 aromatic carbocycles. The minimum atomic E-state index is -3.55. The molecule has 0 unspecified atom stereocenters. The highest BCUT2D eigenvalue weighted by molar-refractivity contribution is 8.04. The van der Waals surface area contributed by atoms with Crippen LogP contribution in [-0.4, -0.2) is 38.3 Å². The quantitative estimate of drug-likeness (QED) is 0.0356. The molecule has 4 heterocycles. The van der Waals surface area contributed by atoms with E-state index in [1.807, 2.05) is 261 Å². The van der Waals surface area contributed by atoms with Crippen molar-refractivity contribution in [2.45, 2.75) is 214 Å². The van der Waals surface area contributed by atoms with Gasteiger partial charge >= 0.3 is 29.8 Å². The molecule has 0 saturated carbocycles. The topological polar surface area (TPSA) is 175 Å². The second kappa shape index (κ2) is 44.5. The second-order valence-corrected chi connectivity index (χ2v) is 49.9. The van der Waals surface area contributed by atoms with Crippen molar-refractivity contribution < 1.29 is 60.8 Å². The van der Waals surface area contributed by atoms with Gasteiger partial charge in [0.2, 0.25) is 19.6 Å². The average Bonchev–Trinajstić information content (AvgIpc) is 0.909. The molecule has 0 saturated heterocycles. The number of fused-ring (bicyclic) bond motifs is 9. The van der Waals surface area contributed by atoms with Crippen molar-refractivity contribution in [3.63, 3.8) is 0 Å². The molecule has 140 heavy (non-hydrogen) atoms. The van der Waals surface area contributed by atoms with Crippen LogP contribution in [0.5, 0.6) is 40.2 Å². The maximum atomic E-state index is 13.1. The van der Waals surface area contributed by atoms with Crippen molar-refractivity contribution in [3.8, 4) is 45.1 Å². The van der Waals surface area contributed by atoms with E-state index in [0.717, 1.165) is 66.6 Å². The first kappa shape index (κ1) is 102. The lowest BCUT2D eigenvalue weighted by molar-refractivity contribution is -0.144. The number of sulfone groups is 1. The van der Waals surface area contributed by atoms with Crippen molar-refractivity contribution in [1.29, 1.82) is 0 Å². The molecule has 0 radical (unpaired) electrons. The molecule has 16 aromatic rings. The average molecular weight is 1990 g/mol. The predicted octanol–water partition coefficient (Wildman–Crippen LogP) is 31.3. The van der Waals surface area contributed by atoms with Gasteiger partial charge in [-0.15, -0.1) is 0 Å². The van der Waals surface area contributed by atoms with Crippen LogP contribution in [0.25, 0.3) is 25.1 Å². The number of carbonyl (C=O) groups excluding carboxylic acids is 5. The van der Waals surface area contributed by atoms with Crippen molar-refractivity contribution in [2.75, 3.05) is 0 Å². The van der Waals surface area contributed by atoms with E-state index < -0.39 is 47.8 Å². The van der Waals surface area contributed by atoms with Gasteiger partial charge in [-0.1, -0.05) is 180 Å². The number of ether oxygens (including phenoxy) is 6. The Labute approximate surface area is 842 Å². The van der Waals surface area contributed by atoms with Gasteiger partial charge in [-0.05, 0) is 332 Å². The number of carbonyl (C=O) groups is 5. The lowest BCUT2D eigenvalue weighted by Gasteiger charge is -2.21. The third kappa shape index (κ3) is 23.0. The largest absolute Gasteiger partial charge is 0.447 e. The first-order valence-corrected chi connectivity index (χ1v) is 55.5. The summed E-state index contributed by atoms with van der Waals surface area (Å²) in [6.07, 6.45) is 3.67. The van der Waals surface area contributed by atoms with E-state index in [2.05, 4.69) is 194 Å². The second-order valence-electron chi connectivity index (χ2n) is 37.0. The zero-order valence-corrected chi connectivity index (χ0v) is 87.2. The SMILES string of the molecule is CCC(C)(C)C(=O)Oc1ccc(-[s+]2c3ccccc3c3ccccc32)cc1.CCC(C)(C)C(=O)Oc1ccc([S+](c2ccccc2)c2ccccc2)cc1.CCC(C)(C)C(=O)Oc1ccc([S+]2c3ccccc3Oc3ccccc32)cc1.CCC(C)(C)C(=O)Oc1ccc([S+]2c3ccccc3S(=O)(=O)c3ccccc32)cc1.CCC(C)(C)C(=O)Oc1ccc([S+]2c3ccccc3Sc3ccccc32)cc1. The molecular formula is C120H117O13S7+5. The smallest absolute Gasteiger partial charge is 0.316 e. The van der Waals surface area contributed by atoms with E-state index in [1.54, 1.807) is 36.4 Å². The van der Waals surface area contributed by atoms with Crippen LogP contribution in [-0.2, 0) is 77.4 Å². The first-order chi connectivity index (χ1) is 67.3. The fraction of sp³-hybridized carbons (Fsp3) is 0.208. The van der Waals surface area contributed by atoms with Crippen molar-refractivity contribution in [1.82, 2.24) is 0 Å². The molecule has 0 N–H and O–H groups in total. The summed E-state index contributed by atoms with van der Waals surface area (Å²) in [5.74, 6) is 3.63. The summed E-state index contributed by atoms with van der Waals surface area (Å²) >= 11 is 1.84. The van der Waals surface area contributed by atoms with Gasteiger partial charge in [-0.2, -0.15) is 0 Å². The Balaban J connectivity index is 0.000000132. The van der Waals surface area contributed by atoms with E-state index in [0.29, 0.717) is 45.0 Å². The van der Waals surface area contributed by atoms with Crippen LogP contribution >= 0.6 is 22.2 Å². The Morgan fingerprint density at radius 2 is 0.514 bits per heavy atom. The van der Waals surface area contributed by atoms with Gasteiger partial charge in [0.25, 0.3) is 0 Å². The molecule has 19 rings (SSSR count). The van der Waals surface area contributed by atoms with Gasteiger partial charge in [-0.3, -0.25) is 24.0 Å². The molecule has 1 aromatic heterocycles. The highest BCUT2D eigenvalue weighted by Crippen LogP contribution is 2.53. The van der Waals surface area contributed by atoms with Crippen molar-refractivity contribution >= 4 is 126 Å². The number of esters is 5. The molecule has 0 bridgehead atoms. The number of para-hydroxylation sites is 2. The zero-order chi connectivity index (χ0) is 99.3. The molecule has 20 heteroatoms. The van der Waals surface area contributed by atoms with E-state index >= 15 is 0 Å². The van der Waals surface area contributed by atoms with Crippen LogP contribution in [0, 0.1) is 27.1 Å². The van der Waals surface area contributed by atoms with Crippen LogP contribution in [0.1, 0.15) is 136 Å². The number of hydrogen-bond acceptors (Lipinski definition) is 14. The number of rotatable bonds is 22. The summed E-state index contributed by atoms with van der Waals surface area (Å²) in [7, 11) is -4.85. The minimum absolute atomic E-state index is 0.121. The third-order valence-electron chi connectivity index (χ3n) is 25.4. The molecular weight excluding hydrogens is 1870 g/mol. The van der Waals surface area contributed by atoms with Crippen LogP contribution in [0.3, 0.4) is 0 Å². The summed E-state index contributed by atoms with van der Waals surface area (Å²) < 4.78 is 63.0. The molecule has 0 atom stereocenters. The van der Waals surface area contributed by atoms with Gasteiger partial charge in [0.15, 0.2) is 74.7 Å². The summed E-state index contributed by atoms with van der Waals surface area (Å²) in [6.45, 7) is 29.0. The lowest BCUT2D eigenvalue weighted by Crippen LogP contribution is -2.28. The number of hydrogen-bond donors (Lipinski definition) is 0. The summed E-state index contributed by atoms with van der Waals surface area (Å²) in [6, 6.07) is 125. The van der Waals surface area contributed by atoms with E-state index in [9.17, 15) is 32.4 Å². The normalized spacial score (nSPS) is 13.1. The van der Waals surface area contributed by atoms with Gasteiger partial charge in [-0.25, -0.2) is 8.42 Å². The van der Waals surface area contributed by atoms with E-state index in [-0.39, 0.29) is 73.0 Å². The molecule has 3 aliphatic heterocycles. The standard InChI is InChI=1S/C24H23O4S2.C24H23O3S.C24H23O2S2.C24H23O2S.C24H25O2S/c1-4-24(2,3)23(25)28-17-13-15-18(16-14-17)29-19-9-5-7-11-21(19)30(26,27)22-12-8-6-10-20(22)29;2*1-4-24(2,3)23(25)26-17-13-15-18(16-14-17)28-21-11-7-5-9-19(21)27-20-10-6-8-12-22(20)28;1-4-24(2,3)23(25)26-17-13-15-18(16-14-17)27-21-11-7-5-9-19(21)20-10-6-8-12-22(20)27;1-4-24(2,3)23(25)26-19-15-17-22(18-16-19)27(20-11-7-5-8-12-20)21-13-9-6-10-14-21/h5-16H,4H2,1-3H3;2*5-16H,4H2,1-3H3;5-16H,4H2,1-3H3;5-18H,4H2,1-3H3/q5*+1. The number of benzene rings is 15. The monoisotopic (exact) mass is 1990 g/mol. The number of thiophene rings is 1.